The summed E-state index contributed by atoms with van der Waals surface area (Å²) in [6.07, 6.45) is 1.29. The van der Waals surface area contributed by atoms with Crippen molar-refractivity contribution in [2.24, 2.45) is 5.16 Å². The van der Waals surface area contributed by atoms with E-state index < -0.39 is 0 Å². The van der Waals surface area contributed by atoms with Crippen molar-refractivity contribution >= 4 is 17.8 Å². The number of oxime groups is 1. The molecule has 46 valence electrons. The molecule has 8 heavy (non-hydrogen) atoms. The van der Waals surface area contributed by atoms with Gasteiger partial charge in [0.1, 0.15) is 0 Å². The number of hydrogen-bond donors (Lipinski definition) is 1. The van der Waals surface area contributed by atoms with Crippen LogP contribution in [0.15, 0.2) is 15.8 Å². The number of rotatable bonds is 1. The Morgan fingerprint density at radius 2 is 2.12 bits per heavy atom. The number of halogens is 1. The van der Waals surface area contributed by atoms with Gasteiger partial charge in [-0.3, -0.25) is 0 Å². The number of allylic oxidation sites excluding steroid dienone is 2. The first kappa shape index (κ1) is 7.50. The molecule has 0 atom stereocenters. The first-order valence-corrected chi connectivity index (χ1v) is 2.56. The minimum atomic E-state index is 0.641. The summed E-state index contributed by atoms with van der Waals surface area (Å²) in [5.41, 5.74) is 0.772. The van der Waals surface area contributed by atoms with Gasteiger partial charge in [-0.2, -0.15) is 0 Å². The van der Waals surface area contributed by atoms with E-state index in [1.165, 1.54) is 6.21 Å². The summed E-state index contributed by atoms with van der Waals surface area (Å²) in [6, 6.07) is 0. The van der Waals surface area contributed by atoms with Crippen LogP contribution in [0.3, 0.4) is 0 Å². The second-order valence-corrected chi connectivity index (χ2v) is 2.03. The van der Waals surface area contributed by atoms with Crippen LogP contribution >= 0.6 is 11.6 Å². The second kappa shape index (κ2) is 3.50. The first-order chi connectivity index (χ1) is 3.68. The molecular weight excluding hydrogens is 126 g/mol. The summed E-state index contributed by atoms with van der Waals surface area (Å²) in [6.45, 7) is 3.50. The summed E-state index contributed by atoms with van der Waals surface area (Å²) in [4.78, 5) is 0. The quantitative estimate of drug-likeness (QED) is 0.331. The van der Waals surface area contributed by atoms with Gasteiger partial charge in [-0.15, -0.1) is 0 Å². The fourth-order valence-corrected chi connectivity index (χ4v) is 0.224. The normalized spacial score (nSPS) is 14.4. The van der Waals surface area contributed by atoms with Crippen molar-refractivity contribution in [3.63, 3.8) is 0 Å². The van der Waals surface area contributed by atoms with Crippen LogP contribution in [0.5, 0.6) is 0 Å². The highest BCUT2D eigenvalue weighted by atomic mass is 35.5. The van der Waals surface area contributed by atoms with Gasteiger partial charge in [-0.25, -0.2) is 0 Å². The molecule has 3 heteroatoms. The lowest BCUT2D eigenvalue weighted by atomic mass is 10.3. The highest BCUT2D eigenvalue weighted by Gasteiger charge is 1.85. The molecule has 0 aromatic carbocycles. The summed E-state index contributed by atoms with van der Waals surface area (Å²) < 4.78 is 0. The molecule has 0 bridgehead atoms. The van der Waals surface area contributed by atoms with E-state index in [1.54, 1.807) is 13.8 Å². The molecule has 0 heterocycles. The highest BCUT2D eigenvalue weighted by molar-refractivity contribution is 6.30. The minimum Gasteiger partial charge on any atom is -0.411 e. The van der Waals surface area contributed by atoms with E-state index in [9.17, 15) is 0 Å². The summed E-state index contributed by atoms with van der Waals surface area (Å²) in [7, 11) is 0. The summed E-state index contributed by atoms with van der Waals surface area (Å²) in [5, 5.41) is 11.4. The van der Waals surface area contributed by atoms with Crippen molar-refractivity contribution in [1.29, 1.82) is 0 Å². The molecule has 2 nitrogen and oxygen atoms in total. The van der Waals surface area contributed by atoms with Crippen molar-refractivity contribution in [2.75, 3.05) is 0 Å². The molecule has 0 saturated heterocycles. The van der Waals surface area contributed by atoms with E-state index in [4.69, 9.17) is 16.8 Å². The Bertz CT molecular complexity index is 124. The molecule has 0 saturated carbocycles. The topological polar surface area (TPSA) is 32.6 Å². The molecule has 0 unspecified atom stereocenters. The van der Waals surface area contributed by atoms with E-state index >= 15 is 0 Å². The molecular formula is C5H8ClNO. The predicted octanol–water partition coefficient (Wildman–Crippen LogP) is 1.98. The second-order valence-electron chi connectivity index (χ2n) is 1.46. The van der Waals surface area contributed by atoms with Crippen LogP contribution in [-0.2, 0) is 0 Å². The molecule has 0 aromatic rings. The third-order valence-electron chi connectivity index (χ3n) is 0.795. The SMILES string of the molecule is C/C(Cl)=C(C)\C=N\O. The van der Waals surface area contributed by atoms with Crippen molar-refractivity contribution < 1.29 is 5.21 Å². The third-order valence-corrected chi connectivity index (χ3v) is 1.09. The lowest BCUT2D eigenvalue weighted by Gasteiger charge is -1.87. The maximum Gasteiger partial charge on any atom is 0.0702 e. The van der Waals surface area contributed by atoms with Gasteiger partial charge in [-0.1, -0.05) is 16.8 Å². The van der Waals surface area contributed by atoms with Crippen LogP contribution in [0.2, 0.25) is 0 Å². The number of hydrogen-bond acceptors (Lipinski definition) is 2. The van der Waals surface area contributed by atoms with E-state index in [0.29, 0.717) is 5.03 Å². The van der Waals surface area contributed by atoms with Gasteiger partial charge in [0.2, 0.25) is 0 Å². The van der Waals surface area contributed by atoms with Gasteiger partial charge < -0.3 is 5.21 Å². The lowest BCUT2D eigenvalue weighted by Crippen LogP contribution is -1.77. The molecule has 0 amide bonds. The zero-order chi connectivity index (χ0) is 6.57. The molecule has 0 aromatic heterocycles. The third kappa shape index (κ3) is 2.64. The maximum absolute atomic E-state index is 7.96. The first-order valence-electron chi connectivity index (χ1n) is 2.19. The van der Waals surface area contributed by atoms with Crippen molar-refractivity contribution in [3.8, 4) is 0 Å². The molecule has 0 rings (SSSR count). The highest BCUT2D eigenvalue weighted by Crippen LogP contribution is 2.03. The average Bonchev–Trinajstić information content (AvgIpc) is 1.67. The molecule has 0 spiro atoms. The van der Waals surface area contributed by atoms with Gasteiger partial charge in [0.15, 0.2) is 0 Å². The Balaban J connectivity index is 4.00. The van der Waals surface area contributed by atoms with Crippen molar-refractivity contribution in [2.45, 2.75) is 13.8 Å². The average molecular weight is 134 g/mol. The van der Waals surface area contributed by atoms with Crippen LogP contribution in [0.25, 0.3) is 0 Å². The maximum atomic E-state index is 7.96. The van der Waals surface area contributed by atoms with Gasteiger partial charge in [0, 0.05) is 5.03 Å². The zero-order valence-electron chi connectivity index (χ0n) is 4.85. The van der Waals surface area contributed by atoms with Gasteiger partial charge in [0.25, 0.3) is 0 Å². The fraction of sp³-hybridized carbons (Fsp3) is 0.400. The summed E-state index contributed by atoms with van der Waals surface area (Å²) in [5.74, 6) is 0. The van der Waals surface area contributed by atoms with E-state index in [-0.39, 0.29) is 0 Å². The minimum absolute atomic E-state index is 0.641. The van der Waals surface area contributed by atoms with E-state index in [1.807, 2.05) is 0 Å². The zero-order valence-corrected chi connectivity index (χ0v) is 5.61. The van der Waals surface area contributed by atoms with Crippen LogP contribution < -0.4 is 0 Å². The fourth-order valence-electron chi connectivity index (χ4n) is 0.176. The molecule has 0 aliphatic carbocycles. The van der Waals surface area contributed by atoms with Crippen LogP contribution in [0.1, 0.15) is 13.8 Å². The molecule has 0 fully saturated rings. The lowest BCUT2D eigenvalue weighted by molar-refractivity contribution is 0.321. The molecule has 0 aliphatic heterocycles. The van der Waals surface area contributed by atoms with Gasteiger partial charge >= 0.3 is 0 Å². The Labute approximate surface area is 53.5 Å². The van der Waals surface area contributed by atoms with Crippen LogP contribution in [0, 0.1) is 0 Å². The Kier molecular flexibility index (Phi) is 3.28. The number of nitrogens with zero attached hydrogens (tertiary/aromatic N) is 1. The molecule has 1 N–H and O–H groups in total. The standard InChI is InChI=1S/C5H8ClNO/c1-4(3-7-8)5(2)6/h3,8H,1-2H3/b5-4+,7-3+. The predicted molar refractivity (Wildman–Crippen MR) is 34.5 cm³/mol. The van der Waals surface area contributed by atoms with E-state index in [2.05, 4.69) is 5.16 Å². The Morgan fingerprint density at radius 3 is 2.25 bits per heavy atom. The Morgan fingerprint density at radius 1 is 1.62 bits per heavy atom. The van der Waals surface area contributed by atoms with Gasteiger partial charge in [0.05, 0.1) is 6.21 Å². The smallest absolute Gasteiger partial charge is 0.0702 e. The molecule has 0 radical (unpaired) electrons. The van der Waals surface area contributed by atoms with Crippen molar-refractivity contribution in [1.82, 2.24) is 0 Å². The monoisotopic (exact) mass is 133 g/mol. The summed E-state index contributed by atoms with van der Waals surface area (Å²) >= 11 is 5.48. The van der Waals surface area contributed by atoms with E-state index in [0.717, 1.165) is 5.57 Å². The van der Waals surface area contributed by atoms with Crippen molar-refractivity contribution in [3.05, 3.63) is 10.6 Å². The van der Waals surface area contributed by atoms with Gasteiger partial charge in [-0.05, 0) is 19.4 Å². The van der Waals surface area contributed by atoms with Crippen LogP contribution in [-0.4, -0.2) is 11.4 Å². The van der Waals surface area contributed by atoms with Crippen LogP contribution in [0.4, 0.5) is 0 Å². The Hall–Kier alpha value is -0.500. The molecule has 0 aliphatic rings. The largest absolute Gasteiger partial charge is 0.411 e.